The first-order chi connectivity index (χ1) is 11.8. The maximum atomic E-state index is 12.4. The summed E-state index contributed by atoms with van der Waals surface area (Å²) in [6.45, 7) is 2.39. The van der Waals surface area contributed by atoms with Crippen molar-refractivity contribution in [3.05, 3.63) is 52.2 Å². The zero-order valence-corrected chi connectivity index (χ0v) is 15.3. The van der Waals surface area contributed by atoms with Crippen molar-refractivity contribution in [1.82, 2.24) is 10.2 Å². The van der Waals surface area contributed by atoms with E-state index >= 15 is 0 Å². The third-order valence-electron chi connectivity index (χ3n) is 2.98. The highest BCUT2D eigenvalue weighted by Crippen LogP contribution is 2.30. The standard InChI is InChI=1S/C16H15N3O2S3/c1-2-21-13-8-4-3-7-12(13)14(20)17-15-18-19-16(24-15)23-10-11-6-5-9-22-11/h3-9H,2,10H2,1H3,(H,17,18,20). The Morgan fingerprint density at radius 1 is 1.25 bits per heavy atom. The Morgan fingerprint density at radius 2 is 2.12 bits per heavy atom. The van der Waals surface area contributed by atoms with Crippen molar-refractivity contribution in [2.24, 2.45) is 0 Å². The van der Waals surface area contributed by atoms with E-state index in [9.17, 15) is 4.79 Å². The van der Waals surface area contributed by atoms with Crippen molar-refractivity contribution < 1.29 is 9.53 Å². The summed E-state index contributed by atoms with van der Waals surface area (Å²) in [6.07, 6.45) is 0. The normalized spacial score (nSPS) is 10.5. The monoisotopic (exact) mass is 377 g/mol. The van der Waals surface area contributed by atoms with E-state index < -0.39 is 0 Å². The number of thioether (sulfide) groups is 1. The van der Waals surface area contributed by atoms with Crippen LogP contribution in [-0.4, -0.2) is 22.7 Å². The average molecular weight is 378 g/mol. The SMILES string of the molecule is CCOc1ccccc1C(=O)Nc1nnc(SCc2cccs2)s1. The largest absolute Gasteiger partial charge is 0.493 e. The third-order valence-corrected chi connectivity index (χ3v) is 6.06. The Kier molecular flexibility index (Phi) is 5.84. The Morgan fingerprint density at radius 3 is 2.92 bits per heavy atom. The van der Waals surface area contributed by atoms with Crippen LogP contribution in [0.15, 0.2) is 46.1 Å². The van der Waals surface area contributed by atoms with Gasteiger partial charge in [-0.2, -0.15) is 0 Å². The number of para-hydroxylation sites is 1. The fraction of sp³-hybridized carbons (Fsp3) is 0.188. The van der Waals surface area contributed by atoms with Crippen LogP contribution in [0.25, 0.3) is 0 Å². The lowest BCUT2D eigenvalue weighted by atomic mass is 10.2. The van der Waals surface area contributed by atoms with Crippen molar-refractivity contribution in [3.63, 3.8) is 0 Å². The molecule has 3 aromatic rings. The maximum Gasteiger partial charge on any atom is 0.261 e. The van der Waals surface area contributed by atoms with Crippen LogP contribution in [0.5, 0.6) is 5.75 Å². The second kappa shape index (κ2) is 8.27. The van der Waals surface area contributed by atoms with Crippen LogP contribution >= 0.6 is 34.4 Å². The number of nitrogens with zero attached hydrogens (tertiary/aromatic N) is 2. The summed E-state index contributed by atoms with van der Waals surface area (Å²) in [4.78, 5) is 13.7. The van der Waals surface area contributed by atoms with Gasteiger partial charge in [0.05, 0.1) is 12.2 Å². The molecule has 0 saturated carbocycles. The minimum absolute atomic E-state index is 0.245. The van der Waals surface area contributed by atoms with Crippen molar-refractivity contribution in [2.75, 3.05) is 11.9 Å². The molecule has 0 atom stereocenters. The molecule has 0 bridgehead atoms. The third kappa shape index (κ3) is 4.34. The van der Waals surface area contributed by atoms with E-state index in [4.69, 9.17) is 4.74 Å². The summed E-state index contributed by atoms with van der Waals surface area (Å²) < 4.78 is 6.31. The summed E-state index contributed by atoms with van der Waals surface area (Å²) in [5, 5.41) is 13.5. The van der Waals surface area contributed by atoms with Gasteiger partial charge in [0.25, 0.3) is 5.91 Å². The number of nitrogens with one attached hydrogen (secondary N) is 1. The van der Waals surface area contributed by atoms with Crippen LogP contribution in [-0.2, 0) is 5.75 Å². The zero-order chi connectivity index (χ0) is 16.8. The van der Waals surface area contributed by atoms with Gasteiger partial charge in [-0.05, 0) is 30.5 Å². The molecule has 0 spiro atoms. The summed E-state index contributed by atoms with van der Waals surface area (Å²) in [6, 6.07) is 11.3. The number of amides is 1. The van der Waals surface area contributed by atoms with E-state index in [0.29, 0.717) is 23.1 Å². The lowest BCUT2D eigenvalue weighted by Crippen LogP contribution is -2.13. The molecular weight excluding hydrogens is 362 g/mol. The molecule has 0 saturated heterocycles. The topological polar surface area (TPSA) is 64.1 Å². The molecule has 8 heteroatoms. The van der Waals surface area contributed by atoms with Gasteiger partial charge < -0.3 is 4.74 Å². The molecule has 2 heterocycles. The lowest BCUT2D eigenvalue weighted by molar-refractivity contribution is 0.102. The Hall–Kier alpha value is -1.90. The predicted octanol–water partition coefficient (Wildman–Crippen LogP) is 4.54. The second-order valence-corrected chi connectivity index (χ2v) is 7.86. The van der Waals surface area contributed by atoms with E-state index in [1.54, 1.807) is 41.3 Å². The number of carbonyl (C=O) groups excluding carboxylic acids is 1. The molecule has 0 radical (unpaired) electrons. The Balaban J connectivity index is 1.63. The van der Waals surface area contributed by atoms with Crippen LogP contribution in [0.2, 0.25) is 0 Å². The first kappa shape index (κ1) is 16.9. The van der Waals surface area contributed by atoms with E-state index in [-0.39, 0.29) is 5.91 Å². The number of rotatable bonds is 7. The molecule has 1 aromatic carbocycles. The van der Waals surface area contributed by atoms with Crippen molar-refractivity contribution >= 4 is 45.5 Å². The number of thiophene rings is 1. The zero-order valence-electron chi connectivity index (χ0n) is 12.9. The fourth-order valence-electron chi connectivity index (χ4n) is 1.95. The van der Waals surface area contributed by atoms with E-state index in [0.717, 1.165) is 10.1 Å². The minimum Gasteiger partial charge on any atom is -0.493 e. The molecule has 5 nitrogen and oxygen atoms in total. The van der Waals surface area contributed by atoms with Crippen molar-refractivity contribution in [3.8, 4) is 5.75 Å². The van der Waals surface area contributed by atoms with Crippen LogP contribution in [0, 0.1) is 0 Å². The average Bonchev–Trinajstić information content (AvgIpc) is 3.25. The van der Waals surface area contributed by atoms with E-state index in [2.05, 4.69) is 27.0 Å². The van der Waals surface area contributed by atoms with Gasteiger partial charge in [0.15, 0.2) is 4.34 Å². The lowest BCUT2D eigenvalue weighted by Gasteiger charge is -2.08. The quantitative estimate of drug-likeness (QED) is 0.484. The highest BCUT2D eigenvalue weighted by molar-refractivity contribution is 8.00. The van der Waals surface area contributed by atoms with Crippen LogP contribution in [0.3, 0.4) is 0 Å². The number of anilines is 1. The number of aromatic nitrogens is 2. The molecule has 3 rings (SSSR count). The number of carbonyl (C=O) groups is 1. The fourth-order valence-corrected chi connectivity index (χ4v) is 4.47. The Bertz CT molecular complexity index is 803. The molecule has 0 fully saturated rings. The van der Waals surface area contributed by atoms with Gasteiger partial charge in [-0.3, -0.25) is 10.1 Å². The van der Waals surface area contributed by atoms with Crippen LogP contribution in [0.4, 0.5) is 5.13 Å². The number of hydrogen-bond acceptors (Lipinski definition) is 7. The first-order valence-corrected chi connectivity index (χ1v) is 9.96. The Labute approximate surface area is 152 Å². The first-order valence-electron chi connectivity index (χ1n) is 7.28. The predicted molar refractivity (Wildman–Crippen MR) is 99.4 cm³/mol. The maximum absolute atomic E-state index is 12.4. The highest BCUT2D eigenvalue weighted by Gasteiger charge is 2.14. The summed E-state index contributed by atoms with van der Waals surface area (Å²) in [5.41, 5.74) is 0.488. The van der Waals surface area contributed by atoms with Crippen molar-refractivity contribution in [2.45, 2.75) is 17.0 Å². The van der Waals surface area contributed by atoms with Gasteiger partial charge in [-0.1, -0.05) is 41.3 Å². The van der Waals surface area contributed by atoms with E-state index in [1.165, 1.54) is 16.2 Å². The van der Waals surface area contributed by atoms with Gasteiger partial charge in [-0.15, -0.1) is 21.5 Å². The number of hydrogen-bond donors (Lipinski definition) is 1. The second-order valence-electron chi connectivity index (χ2n) is 4.62. The smallest absolute Gasteiger partial charge is 0.261 e. The minimum atomic E-state index is -0.245. The summed E-state index contributed by atoms with van der Waals surface area (Å²) in [7, 11) is 0. The van der Waals surface area contributed by atoms with Crippen LogP contribution < -0.4 is 10.1 Å². The molecule has 1 amide bonds. The van der Waals surface area contributed by atoms with Gasteiger partial charge in [-0.25, -0.2) is 0 Å². The molecule has 0 aliphatic carbocycles. The van der Waals surface area contributed by atoms with Crippen LogP contribution in [0.1, 0.15) is 22.2 Å². The van der Waals surface area contributed by atoms with Gasteiger partial charge in [0.2, 0.25) is 5.13 Å². The number of benzene rings is 1. The molecular formula is C16H15N3O2S3. The summed E-state index contributed by atoms with van der Waals surface area (Å²) in [5.74, 6) is 1.17. The molecule has 124 valence electrons. The summed E-state index contributed by atoms with van der Waals surface area (Å²) >= 11 is 4.70. The van der Waals surface area contributed by atoms with Gasteiger partial charge >= 0.3 is 0 Å². The molecule has 0 unspecified atom stereocenters. The molecule has 1 N–H and O–H groups in total. The van der Waals surface area contributed by atoms with Gasteiger partial charge in [0.1, 0.15) is 5.75 Å². The highest BCUT2D eigenvalue weighted by atomic mass is 32.2. The van der Waals surface area contributed by atoms with Gasteiger partial charge in [0, 0.05) is 10.6 Å². The molecule has 0 aliphatic heterocycles. The molecule has 2 aromatic heterocycles. The number of ether oxygens (including phenoxy) is 1. The van der Waals surface area contributed by atoms with E-state index in [1.807, 2.05) is 19.1 Å². The molecule has 24 heavy (non-hydrogen) atoms. The molecule has 0 aliphatic rings. The van der Waals surface area contributed by atoms with Crippen molar-refractivity contribution in [1.29, 1.82) is 0 Å².